The molecule has 0 saturated heterocycles. The van der Waals surface area contributed by atoms with Gasteiger partial charge in [-0.25, -0.2) is 14.8 Å². The number of ether oxygens (including phenoxy) is 1. The van der Waals surface area contributed by atoms with Crippen molar-refractivity contribution in [1.29, 1.82) is 0 Å². The summed E-state index contributed by atoms with van der Waals surface area (Å²) in [5.74, 6) is -0.526. The Balaban J connectivity index is 1.68. The Bertz CT molecular complexity index is 947. The van der Waals surface area contributed by atoms with E-state index in [0.29, 0.717) is 17.8 Å². The minimum atomic E-state index is -0.442. The minimum Gasteiger partial charge on any atom is -0.465 e. The van der Waals surface area contributed by atoms with E-state index in [9.17, 15) is 9.59 Å². The molecule has 3 rings (SSSR count). The Morgan fingerprint density at radius 1 is 1.11 bits per heavy atom. The number of rotatable bonds is 6. The van der Waals surface area contributed by atoms with Crippen molar-refractivity contribution >= 4 is 23.5 Å². The van der Waals surface area contributed by atoms with Crippen LogP contribution in [0, 0.1) is 0 Å². The maximum absolute atomic E-state index is 12.3. The third-order valence-corrected chi connectivity index (χ3v) is 3.60. The molecule has 0 bridgehead atoms. The van der Waals surface area contributed by atoms with Crippen LogP contribution in [-0.4, -0.2) is 33.9 Å². The van der Waals surface area contributed by atoms with Crippen molar-refractivity contribution in [2.45, 2.75) is 6.54 Å². The van der Waals surface area contributed by atoms with Crippen LogP contribution < -0.4 is 10.6 Å². The average Bonchev–Trinajstić information content (AvgIpc) is 2.72. The van der Waals surface area contributed by atoms with Crippen LogP contribution in [0.4, 0.5) is 11.6 Å². The van der Waals surface area contributed by atoms with Crippen molar-refractivity contribution in [3.63, 3.8) is 0 Å². The smallest absolute Gasteiger partial charge is 0.337 e. The second kappa shape index (κ2) is 8.52. The molecule has 0 fully saturated rings. The molecule has 0 spiro atoms. The van der Waals surface area contributed by atoms with Gasteiger partial charge in [-0.2, -0.15) is 0 Å². The molecule has 0 unspecified atom stereocenters. The van der Waals surface area contributed by atoms with Crippen molar-refractivity contribution in [3.05, 3.63) is 77.9 Å². The van der Waals surface area contributed by atoms with Gasteiger partial charge in [0.25, 0.3) is 5.91 Å². The van der Waals surface area contributed by atoms with Gasteiger partial charge in [0, 0.05) is 30.8 Å². The number of benzene rings is 1. The Kier molecular flexibility index (Phi) is 5.68. The fraction of sp³-hybridized carbons (Fsp3) is 0.105. The monoisotopic (exact) mass is 363 g/mol. The van der Waals surface area contributed by atoms with Gasteiger partial charge in [-0.05, 0) is 35.9 Å². The SMILES string of the molecule is COC(=O)c1cccc(Nc2nccc(C(=O)NCc3cccnc3)n2)c1. The lowest BCUT2D eigenvalue weighted by molar-refractivity contribution is 0.0600. The number of hydrogen-bond donors (Lipinski definition) is 2. The van der Waals surface area contributed by atoms with E-state index in [0.717, 1.165) is 5.56 Å². The highest BCUT2D eigenvalue weighted by Crippen LogP contribution is 2.15. The summed E-state index contributed by atoms with van der Waals surface area (Å²) < 4.78 is 4.70. The Hall–Kier alpha value is -3.81. The normalized spacial score (nSPS) is 10.1. The topological polar surface area (TPSA) is 106 Å². The maximum atomic E-state index is 12.3. The van der Waals surface area contributed by atoms with Gasteiger partial charge < -0.3 is 15.4 Å². The second-order valence-electron chi connectivity index (χ2n) is 5.51. The molecule has 0 atom stereocenters. The summed E-state index contributed by atoms with van der Waals surface area (Å²) >= 11 is 0. The molecule has 0 aliphatic carbocycles. The first-order valence-electron chi connectivity index (χ1n) is 8.11. The number of aromatic nitrogens is 3. The number of methoxy groups -OCH3 is 1. The van der Waals surface area contributed by atoms with E-state index in [1.165, 1.54) is 19.4 Å². The van der Waals surface area contributed by atoms with Crippen LogP contribution in [0.2, 0.25) is 0 Å². The zero-order valence-electron chi connectivity index (χ0n) is 14.5. The molecule has 1 aromatic carbocycles. The molecule has 2 N–H and O–H groups in total. The van der Waals surface area contributed by atoms with Gasteiger partial charge in [-0.15, -0.1) is 0 Å². The molecule has 0 saturated carbocycles. The second-order valence-corrected chi connectivity index (χ2v) is 5.51. The third-order valence-electron chi connectivity index (χ3n) is 3.60. The van der Waals surface area contributed by atoms with E-state index in [-0.39, 0.29) is 17.5 Å². The number of anilines is 2. The molecule has 0 aliphatic rings. The van der Waals surface area contributed by atoms with Crippen molar-refractivity contribution < 1.29 is 14.3 Å². The molecule has 0 radical (unpaired) electrons. The number of carbonyl (C=O) groups is 2. The number of hydrogen-bond acceptors (Lipinski definition) is 7. The Morgan fingerprint density at radius 2 is 2.00 bits per heavy atom. The van der Waals surface area contributed by atoms with Gasteiger partial charge >= 0.3 is 5.97 Å². The van der Waals surface area contributed by atoms with E-state index in [2.05, 4.69) is 25.6 Å². The van der Waals surface area contributed by atoms with E-state index < -0.39 is 5.97 Å². The number of esters is 1. The minimum absolute atomic E-state index is 0.223. The lowest BCUT2D eigenvalue weighted by atomic mass is 10.2. The summed E-state index contributed by atoms with van der Waals surface area (Å²) in [5.41, 5.74) is 2.11. The molecule has 27 heavy (non-hydrogen) atoms. The number of nitrogens with one attached hydrogen (secondary N) is 2. The van der Waals surface area contributed by atoms with Crippen molar-refractivity contribution in [2.24, 2.45) is 0 Å². The van der Waals surface area contributed by atoms with Crippen LogP contribution in [0.3, 0.4) is 0 Å². The molecule has 8 heteroatoms. The highest BCUT2D eigenvalue weighted by atomic mass is 16.5. The summed E-state index contributed by atoms with van der Waals surface area (Å²) in [6.07, 6.45) is 4.84. The molecule has 2 aromatic heterocycles. The fourth-order valence-electron chi connectivity index (χ4n) is 2.29. The van der Waals surface area contributed by atoms with Gasteiger partial charge in [-0.1, -0.05) is 12.1 Å². The van der Waals surface area contributed by atoms with E-state index in [1.54, 1.807) is 42.7 Å². The molecular weight excluding hydrogens is 346 g/mol. The molecule has 0 aliphatic heterocycles. The zero-order chi connectivity index (χ0) is 19.1. The third kappa shape index (κ3) is 4.85. The van der Waals surface area contributed by atoms with Crippen LogP contribution in [-0.2, 0) is 11.3 Å². The number of carbonyl (C=O) groups excluding carboxylic acids is 2. The van der Waals surface area contributed by atoms with Crippen molar-refractivity contribution in [3.8, 4) is 0 Å². The van der Waals surface area contributed by atoms with Gasteiger partial charge in [-0.3, -0.25) is 9.78 Å². The number of amides is 1. The van der Waals surface area contributed by atoms with Gasteiger partial charge in [0.1, 0.15) is 5.69 Å². The van der Waals surface area contributed by atoms with Gasteiger partial charge in [0.05, 0.1) is 12.7 Å². The first kappa shape index (κ1) is 18.0. The molecular formula is C19H17N5O3. The van der Waals surface area contributed by atoms with Crippen LogP contribution in [0.15, 0.2) is 61.1 Å². The lowest BCUT2D eigenvalue weighted by Crippen LogP contribution is -2.24. The number of nitrogens with zero attached hydrogens (tertiary/aromatic N) is 3. The molecule has 3 aromatic rings. The highest BCUT2D eigenvalue weighted by Gasteiger charge is 2.10. The lowest BCUT2D eigenvalue weighted by Gasteiger charge is -2.08. The molecule has 1 amide bonds. The summed E-state index contributed by atoms with van der Waals surface area (Å²) in [7, 11) is 1.32. The summed E-state index contributed by atoms with van der Waals surface area (Å²) in [5, 5.41) is 5.75. The fourth-order valence-corrected chi connectivity index (χ4v) is 2.29. The van der Waals surface area contributed by atoms with Crippen LogP contribution in [0.25, 0.3) is 0 Å². The Labute approximate surface area is 155 Å². The average molecular weight is 363 g/mol. The van der Waals surface area contributed by atoms with Crippen molar-refractivity contribution in [1.82, 2.24) is 20.3 Å². The van der Waals surface area contributed by atoms with E-state index in [1.807, 2.05) is 6.07 Å². The first-order chi connectivity index (χ1) is 13.2. The van der Waals surface area contributed by atoms with E-state index in [4.69, 9.17) is 4.74 Å². The first-order valence-corrected chi connectivity index (χ1v) is 8.11. The van der Waals surface area contributed by atoms with Crippen LogP contribution in [0.1, 0.15) is 26.4 Å². The summed E-state index contributed by atoms with van der Waals surface area (Å²) in [4.78, 5) is 36.2. The number of pyridine rings is 1. The molecule has 8 nitrogen and oxygen atoms in total. The molecule has 2 heterocycles. The summed E-state index contributed by atoms with van der Waals surface area (Å²) in [6.45, 7) is 0.348. The van der Waals surface area contributed by atoms with Gasteiger partial charge in [0.15, 0.2) is 0 Å². The quantitative estimate of drug-likeness (QED) is 0.647. The standard InChI is InChI=1S/C19H17N5O3/c1-27-18(26)14-5-2-6-15(10-14)23-19-21-9-7-16(24-19)17(25)22-12-13-4-3-8-20-11-13/h2-11H,12H2,1H3,(H,22,25)(H,21,23,24). The Morgan fingerprint density at radius 3 is 2.78 bits per heavy atom. The highest BCUT2D eigenvalue weighted by molar-refractivity contribution is 5.92. The van der Waals surface area contributed by atoms with Crippen LogP contribution >= 0.6 is 0 Å². The predicted molar refractivity (Wildman–Crippen MR) is 98.5 cm³/mol. The predicted octanol–water partition coefficient (Wildman–Crippen LogP) is 2.33. The molecule has 136 valence electrons. The maximum Gasteiger partial charge on any atom is 0.337 e. The van der Waals surface area contributed by atoms with Crippen molar-refractivity contribution in [2.75, 3.05) is 12.4 Å². The van der Waals surface area contributed by atoms with E-state index >= 15 is 0 Å². The summed E-state index contributed by atoms with van der Waals surface area (Å²) in [6, 6.07) is 11.9. The zero-order valence-corrected chi connectivity index (χ0v) is 14.5. The largest absolute Gasteiger partial charge is 0.465 e. The van der Waals surface area contributed by atoms with Gasteiger partial charge in [0.2, 0.25) is 5.95 Å². The van der Waals surface area contributed by atoms with Crippen LogP contribution in [0.5, 0.6) is 0 Å².